The van der Waals surface area contributed by atoms with Crippen molar-refractivity contribution in [3.05, 3.63) is 82.9 Å². The topological polar surface area (TPSA) is 0 Å². The van der Waals surface area contributed by atoms with Gasteiger partial charge in [0.15, 0.2) is 0 Å². The molecule has 0 aliphatic rings. The fraction of sp³-hybridized carbons (Fsp3) is 0.250. The van der Waals surface area contributed by atoms with Crippen LogP contribution >= 0.6 is 0 Å². The molecule has 0 unspecified atom stereocenters. The second-order valence-electron chi connectivity index (χ2n) is 5.98. The van der Waals surface area contributed by atoms with Crippen molar-refractivity contribution in [3.63, 3.8) is 0 Å². The van der Waals surface area contributed by atoms with Crippen molar-refractivity contribution in [2.75, 3.05) is 0 Å². The van der Waals surface area contributed by atoms with Gasteiger partial charge in [0.25, 0.3) is 0 Å². The molecule has 0 aliphatic carbocycles. The average Bonchev–Trinajstić information content (AvgIpc) is 2.64. The van der Waals surface area contributed by atoms with Crippen molar-refractivity contribution in [3.8, 4) is 22.3 Å². The van der Waals surface area contributed by atoms with Gasteiger partial charge in [-0.05, 0) is 72.2 Å². The zero-order chi connectivity index (χ0) is 17.7. The van der Waals surface area contributed by atoms with Gasteiger partial charge in [0.2, 0.25) is 0 Å². The van der Waals surface area contributed by atoms with Crippen LogP contribution in [0.1, 0.15) is 36.1 Å². The smallest absolute Gasteiger partial charge is 0.0120 e. The van der Waals surface area contributed by atoms with Gasteiger partial charge in [-0.2, -0.15) is 0 Å². The van der Waals surface area contributed by atoms with E-state index >= 15 is 0 Å². The standard InChI is InChI=1S/C22H22.C2H6/c1-15-16(2)22(20-13-9-6-10-14-20)18(4)17(3)21(15)19-11-7-5-8-12-19;1-2/h5-14H,1-4H3;1-2H3. The fourth-order valence-electron chi connectivity index (χ4n) is 3.39. The lowest BCUT2D eigenvalue weighted by Crippen LogP contribution is -1.99. The molecule has 24 heavy (non-hydrogen) atoms. The largest absolute Gasteiger partial charge is 0.0683 e. The Morgan fingerprint density at radius 2 is 0.667 bits per heavy atom. The van der Waals surface area contributed by atoms with Crippen molar-refractivity contribution < 1.29 is 0 Å². The predicted octanol–water partition coefficient (Wildman–Crippen LogP) is 7.28. The van der Waals surface area contributed by atoms with E-state index in [9.17, 15) is 0 Å². The maximum absolute atomic E-state index is 2.25. The Bertz CT molecular complexity index is 697. The maximum atomic E-state index is 2.25. The molecule has 0 heterocycles. The van der Waals surface area contributed by atoms with Crippen molar-refractivity contribution in [1.82, 2.24) is 0 Å². The molecule has 0 aromatic heterocycles. The molecule has 0 nitrogen and oxygen atoms in total. The van der Waals surface area contributed by atoms with E-state index in [2.05, 4.69) is 88.4 Å². The maximum Gasteiger partial charge on any atom is -0.0120 e. The normalized spacial score (nSPS) is 10.1. The van der Waals surface area contributed by atoms with Crippen LogP contribution in [-0.4, -0.2) is 0 Å². The van der Waals surface area contributed by atoms with Gasteiger partial charge >= 0.3 is 0 Å². The molecule has 0 atom stereocenters. The van der Waals surface area contributed by atoms with E-state index < -0.39 is 0 Å². The molecule has 0 aliphatic heterocycles. The zero-order valence-electron chi connectivity index (χ0n) is 15.8. The molecule has 0 saturated carbocycles. The van der Waals surface area contributed by atoms with E-state index in [4.69, 9.17) is 0 Å². The summed E-state index contributed by atoms with van der Waals surface area (Å²) < 4.78 is 0. The minimum Gasteiger partial charge on any atom is -0.0683 e. The summed E-state index contributed by atoms with van der Waals surface area (Å²) in [4.78, 5) is 0. The minimum absolute atomic E-state index is 1.31. The third kappa shape index (κ3) is 3.28. The number of hydrogen-bond donors (Lipinski definition) is 0. The Kier molecular flexibility index (Phi) is 5.98. The average molecular weight is 316 g/mol. The SMILES string of the molecule is CC.Cc1c(C)c(-c2ccccc2)c(C)c(C)c1-c1ccccc1. The van der Waals surface area contributed by atoms with Crippen LogP contribution in [0.4, 0.5) is 0 Å². The third-order valence-electron chi connectivity index (χ3n) is 4.75. The summed E-state index contributed by atoms with van der Waals surface area (Å²) in [5.41, 5.74) is 10.9. The van der Waals surface area contributed by atoms with E-state index in [1.54, 1.807) is 0 Å². The van der Waals surface area contributed by atoms with E-state index in [0.717, 1.165) is 0 Å². The summed E-state index contributed by atoms with van der Waals surface area (Å²) in [7, 11) is 0. The lowest BCUT2D eigenvalue weighted by Gasteiger charge is -2.21. The first kappa shape index (κ1) is 18.0. The van der Waals surface area contributed by atoms with Gasteiger partial charge in [-0.1, -0.05) is 74.5 Å². The van der Waals surface area contributed by atoms with Crippen molar-refractivity contribution >= 4 is 0 Å². The summed E-state index contributed by atoms with van der Waals surface area (Å²) in [5.74, 6) is 0. The van der Waals surface area contributed by atoms with Gasteiger partial charge in [-0.3, -0.25) is 0 Å². The van der Waals surface area contributed by atoms with Crippen LogP contribution in [0.25, 0.3) is 22.3 Å². The second-order valence-corrected chi connectivity index (χ2v) is 5.98. The van der Waals surface area contributed by atoms with Crippen LogP contribution in [0, 0.1) is 27.7 Å². The van der Waals surface area contributed by atoms with Crippen LogP contribution in [0.5, 0.6) is 0 Å². The van der Waals surface area contributed by atoms with Crippen molar-refractivity contribution in [1.29, 1.82) is 0 Å². The fourth-order valence-corrected chi connectivity index (χ4v) is 3.39. The molecule has 3 aromatic carbocycles. The van der Waals surface area contributed by atoms with Crippen molar-refractivity contribution in [2.24, 2.45) is 0 Å². The number of benzene rings is 3. The van der Waals surface area contributed by atoms with E-state index in [1.807, 2.05) is 13.8 Å². The number of rotatable bonds is 2. The van der Waals surface area contributed by atoms with Crippen LogP contribution in [0.15, 0.2) is 60.7 Å². The Labute approximate surface area is 147 Å². The third-order valence-corrected chi connectivity index (χ3v) is 4.75. The first-order valence-electron chi connectivity index (χ1n) is 8.82. The van der Waals surface area contributed by atoms with E-state index in [-0.39, 0.29) is 0 Å². The van der Waals surface area contributed by atoms with Crippen molar-refractivity contribution in [2.45, 2.75) is 41.5 Å². The second kappa shape index (κ2) is 7.97. The Morgan fingerprint density at radius 1 is 0.417 bits per heavy atom. The molecule has 0 bridgehead atoms. The van der Waals surface area contributed by atoms with Crippen LogP contribution in [0.2, 0.25) is 0 Å². The van der Waals surface area contributed by atoms with Gasteiger partial charge in [0.1, 0.15) is 0 Å². The Balaban J connectivity index is 0.00000100. The molecule has 0 radical (unpaired) electrons. The highest BCUT2D eigenvalue weighted by Gasteiger charge is 2.16. The van der Waals surface area contributed by atoms with Gasteiger partial charge < -0.3 is 0 Å². The lowest BCUT2D eigenvalue weighted by molar-refractivity contribution is 1.25. The van der Waals surface area contributed by atoms with Gasteiger partial charge in [0, 0.05) is 0 Å². The molecular weight excluding hydrogens is 288 g/mol. The molecule has 0 heteroatoms. The Hall–Kier alpha value is -2.34. The van der Waals surface area contributed by atoms with E-state index in [1.165, 1.54) is 44.5 Å². The summed E-state index contributed by atoms with van der Waals surface area (Å²) in [6.07, 6.45) is 0. The molecular formula is C24H28. The summed E-state index contributed by atoms with van der Waals surface area (Å²) >= 11 is 0. The van der Waals surface area contributed by atoms with Gasteiger partial charge in [0.05, 0.1) is 0 Å². The molecule has 124 valence electrons. The van der Waals surface area contributed by atoms with Crippen LogP contribution in [-0.2, 0) is 0 Å². The summed E-state index contributed by atoms with van der Waals surface area (Å²) in [5, 5.41) is 0. The van der Waals surface area contributed by atoms with Gasteiger partial charge in [-0.15, -0.1) is 0 Å². The molecule has 3 aromatic rings. The highest BCUT2D eigenvalue weighted by Crippen LogP contribution is 2.38. The van der Waals surface area contributed by atoms with E-state index in [0.29, 0.717) is 0 Å². The lowest BCUT2D eigenvalue weighted by atomic mass is 9.83. The highest BCUT2D eigenvalue weighted by molar-refractivity contribution is 5.82. The monoisotopic (exact) mass is 316 g/mol. The van der Waals surface area contributed by atoms with Crippen LogP contribution < -0.4 is 0 Å². The molecule has 0 amide bonds. The van der Waals surface area contributed by atoms with Crippen LogP contribution in [0.3, 0.4) is 0 Å². The quantitative estimate of drug-likeness (QED) is 0.466. The predicted molar refractivity (Wildman–Crippen MR) is 108 cm³/mol. The highest BCUT2D eigenvalue weighted by atomic mass is 14.2. The zero-order valence-corrected chi connectivity index (χ0v) is 15.8. The first-order valence-corrected chi connectivity index (χ1v) is 8.82. The molecule has 0 saturated heterocycles. The minimum atomic E-state index is 1.31. The molecule has 0 N–H and O–H groups in total. The summed E-state index contributed by atoms with van der Waals surface area (Å²) in [6, 6.07) is 21.4. The molecule has 0 fully saturated rings. The van der Waals surface area contributed by atoms with Gasteiger partial charge in [-0.25, -0.2) is 0 Å². The Morgan fingerprint density at radius 3 is 0.917 bits per heavy atom. The summed E-state index contributed by atoms with van der Waals surface area (Å²) in [6.45, 7) is 13.0. The first-order chi connectivity index (χ1) is 11.6. The molecule has 3 rings (SSSR count). The number of hydrogen-bond acceptors (Lipinski definition) is 0. The molecule has 0 spiro atoms.